The van der Waals surface area contributed by atoms with Crippen LogP contribution in [0.5, 0.6) is 5.75 Å². The van der Waals surface area contributed by atoms with Crippen molar-refractivity contribution in [2.75, 3.05) is 19.1 Å². The minimum absolute atomic E-state index is 0.565. The molecular weight excluding hydrogens is 260 g/mol. The first-order chi connectivity index (χ1) is 10.0. The van der Waals surface area contributed by atoms with Gasteiger partial charge in [0.05, 0.1) is 12.7 Å². The van der Waals surface area contributed by atoms with Crippen LogP contribution in [0.4, 0.5) is 5.69 Å². The van der Waals surface area contributed by atoms with Crippen LogP contribution in [0, 0.1) is 25.2 Å². The summed E-state index contributed by atoms with van der Waals surface area (Å²) >= 11 is 0. The lowest BCUT2D eigenvalue weighted by molar-refractivity contribution is 0.413. The van der Waals surface area contributed by atoms with Crippen LogP contribution < -0.4 is 9.64 Å². The Morgan fingerprint density at radius 2 is 1.76 bits per heavy atom. The molecule has 0 saturated carbocycles. The molecule has 3 nitrogen and oxygen atoms in total. The Labute approximate surface area is 126 Å². The first-order valence-electron chi connectivity index (χ1n) is 6.90. The summed E-state index contributed by atoms with van der Waals surface area (Å²) in [5.41, 5.74) is 5.39. The molecule has 0 aromatic heterocycles. The lowest BCUT2D eigenvalue weighted by Crippen LogP contribution is -2.16. The number of rotatable bonds is 4. The van der Waals surface area contributed by atoms with Crippen LogP contribution in [0.15, 0.2) is 36.4 Å². The molecule has 0 heterocycles. The summed E-state index contributed by atoms with van der Waals surface area (Å²) in [5.74, 6) is 0.629. The molecule has 0 saturated heterocycles. The molecule has 2 rings (SSSR count). The molecule has 0 N–H and O–H groups in total. The molecule has 21 heavy (non-hydrogen) atoms. The Bertz CT molecular complexity index is 666. The number of hydrogen-bond donors (Lipinski definition) is 0. The van der Waals surface area contributed by atoms with Crippen molar-refractivity contribution in [2.24, 2.45) is 0 Å². The van der Waals surface area contributed by atoms with Gasteiger partial charge in [-0.1, -0.05) is 12.1 Å². The van der Waals surface area contributed by atoms with Crippen molar-refractivity contribution in [2.45, 2.75) is 20.4 Å². The zero-order valence-corrected chi connectivity index (χ0v) is 13.0. The van der Waals surface area contributed by atoms with Gasteiger partial charge in [-0.15, -0.1) is 0 Å². The van der Waals surface area contributed by atoms with E-state index in [0.717, 1.165) is 12.1 Å². The summed E-state index contributed by atoms with van der Waals surface area (Å²) in [7, 11) is 3.66. The monoisotopic (exact) mass is 280 g/mol. The molecule has 0 radical (unpaired) electrons. The van der Waals surface area contributed by atoms with E-state index in [2.05, 4.69) is 50.1 Å². The Kier molecular flexibility index (Phi) is 4.49. The van der Waals surface area contributed by atoms with E-state index >= 15 is 0 Å². The van der Waals surface area contributed by atoms with E-state index in [4.69, 9.17) is 10.00 Å². The smallest absolute Gasteiger partial charge is 0.136 e. The fourth-order valence-electron chi connectivity index (χ4n) is 2.46. The molecule has 3 heteroatoms. The summed E-state index contributed by atoms with van der Waals surface area (Å²) in [6, 6.07) is 14.4. The van der Waals surface area contributed by atoms with Crippen LogP contribution >= 0.6 is 0 Å². The SMILES string of the molecule is COc1cc(CN(C)c2cc(C)cc(C)c2)ccc1C#N. The van der Waals surface area contributed by atoms with Gasteiger partial charge in [0.2, 0.25) is 0 Å². The predicted octanol–water partition coefficient (Wildman–Crippen LogP) is 3.82. The van der Waals surface area contributed by atoms with Gasteiger partial charge in [-0.3, -0.25) is 0 Å². The van der Waals surface area contributed by atoms with E-state index in [1.54, 1.807) is 7.11 Å². The predicted molar refractivity (Wildman–Crippen MR) is 85.7 cm³/mol. The normalized spacial score (nSPS) is 10.0. The number of methoxy groups -OCH3 is 1. The van der Waals surface area contributed by atoms with Gasteiger partial charge in [0.25, 0.3) is 0 Å². The fraction of sp³-hybridized carbons (Fsp3) is 0.278. The summed E-state index contributed by atoms with van der Waals surface area (Å²) in [6.07, 6.45) is 0. The Hall–Kier alpha value is -2.47. The first-order valence-corrected chi connectivity index (χ1v) is 6.90. The standard InChI is InChI=1S/C18H20N2O/c1-13-7-14(2)9-17(8-13)20(3)12-15-5-6-16(11-19)18(10-15)21-4/h5-10H,12H2,1-4H3. The highest BCUT2D eigenvalue weighted by molar-refractivity contribution is 5.52. The number of ether oxygens (including phenoxy) is 1. The second-order valence-corrected chi connectivity index (χ2v) is 5.35. The third-order valence-electron chi connectivity index (χ3n) is 3.45. The van der Waals surface area contributed by atoms with Gasteiger partial charge >= 0.3 is 0 Å². The third-order valence-corrected chi connectivity index (χ3v) is 3.45. The summed E-state index contributed by atoms with van der Waals surface area (Å²) < 4.78 is 5.26. The zero-order chi connectivity index (χ0) is 15.4. The van der Waals surface area contributed by atoms with Gasteiger partial charge < -0.3 is 9.64 Å². The second kappa shape index (κ2) is 6.32. The van der Waals surface area contributed by atoms with Crippen LogP contribution in [0.25, 0.3) is 0 Å². The summed E-state index contributed by atoms with van der Waals surface area (Å²) in [4.78, 5) is 2.20. The van der Waals surface area contributed by atoms with Crippen LogP contribution in [-0.4, -0.2) is 14.2 Å². The maximum absolute atomic E-state index is 9.02. The number of nitriles is 1. The van der Waals surface area contributed by atoms with Crippen molar-refractivity contribution < 1.29 is 4.74 Å². The van der Waals surface area contributed by atoms with Crippen molar-refractivity contribution in [3.63, 3.8) is 0 Å². The topological polar surface area (TPSA) is 36.3 Å². The molecular formula is C18H20N2O. The molecule has 0 aliphatic rings. The van der Waals surface area contributed by atoms with Crippen molar-refractivity contribution in [3.8, 4) is 11.8 Å². The summed E-state index contributed by atoms with van der Waals surface area (Å²) in [6.45, 7) is 4.98. The number of anilines is 1. The molecule has 0 atom stereocenters. The number of benzene rings is 2. The highest BCUT2D eigenvalue weighted by atomic mass is 16.5. The van der Waals surface area contributed by atoms with E-state index in [-0.39, 0.29) is 0 Å². The molecule has 0 aliphatic heterocycles. The molecule has 2 aromatic carbocycles. The van der Waals surface area contributed by atoms with Gasteiger partial charge in [0.15, 0.2) is 0 Å². The van der Waals surface area contributed by atoms with Crippen molar-refractivity contribution in [1.29, 1.82) is 5.26 Å². The second-order valence-electron chi connectivity index (χ2n) is 5.35. The Morgan fingerprint density at radius 1 is 1.10 bits per heavy atom. The van der Waals surface area contributed by atoms with Crippen LogP contribution in [0.2, 0.25) is 0 Å². The van der Waals surface area contributed by atoms with Gasteiger partial charge in [-0.25, -0.2) is 0 Å². The molecule has 2 aromatic rings. The zero-order valence-electron chi connectivity index (χ0n) is 13.0. The number of nitrogens with zero attached hydrogens (tertiary/aromatic N) is 2. The number of aryl methyl sites for hydroxylation is 2. The van der Waals surface area contributed by atoms with Gasteiger partial charge in [-0.05, 0) is 54.8 Å². The minimum atomic E-state index is 0.565. The highest BCUT2D eigenvalue weighted by Gasteiger charge is 2.07. The average Bonchev–Trinajstić information content (AvgIpc) is 2.46. The Morgan fingerprint density at radius 3 is 2.33 bits per heavy atom. The lowest BCUT2D eigenvalue weighted by Gasteiger charge is -2.21. The average molecular weight is 280 g/mol. The fourth-order valence-corrected chi connectivity index (χ4v) is 2.46. The number of hydrogen-bond acceptors (Lipinski definition) is 3. The summed E-state index contributed by atoms with van der Waals surface area (Å²) in [5, 5.41) is 9.02. The molecule has 0 aliphatic carbocycles. The third kappa shape index (κ3) is 3.55. The van der Waals surface area contributed by atoms with Crippen molar-refractivity contribution in [3.05, 3.63) is 58.7 Å². The van der Waals surface area contributed by atoms with E-state index in [1.807, 2.05) is 18.2 Å². The van der Waals surface area contributed by atoms with E-state index in [0.29, 0.717) is 11.3 Å². The van der Waals surface area contributed by atoms with E-state index in [9.17, 15) is 0 Å². The molecule has 0 fully saturated rings. The minimum Gasteiger partial charge on any atom is -0.495 e. The quantitative estimate of drug-likeness (QED) is 0.854. The van der Waals surface area contributed by atoms with Gasteiger partial charge in [-0.2, -0.15) is 5.26 Å². The van der Waals surface area contributed by atoms with Crippen LogP contribution in [0.1, 0.15) is 22.3 Å². The van der Waals surface area contributed by atoms with Gasteiger partial charge in [0, 0.05) is 19.3 Å². The van der Waals surface area contributed by atoms with Crippen molar-refractivity contribution >= 4 is 5.69 Å². The van der Waals surface area contributed by atoms with Crippen LogP contribution in [0.3, 0.4) is 0 Å². The maximum Gasteiger partial charge on any atom is 0.136 e. The highest BCUT2D eigenvalue weighted by Crippen LogP contribution is 2.23. The van der Waals surface area contributed by atoms with Crippen LogP contribution in [-0.2, 0) is 6.54 Å². The molecule has 108 valence electrons. The molecule has 0 bridgehead atoms. The van der Waals surface area contributed by atoms with Crippen molar-refractivity contribution in [1.82, 2.24) is 0 Å². The molecule has 0 amide bonds. The van der Waals surface area contributed by atoms with E-state index < -0.39 is 0 Å². The largest absolute Gasteiger partial charge is 0.495 e. The Balaban J connectivity index is 2.23. The first kappa shape index (κ1) is 14.9. The molecule has 0 spiro atoms. The van der Waals surface area contributed by atoms with Gasteiger partial charge in [0.1, 0.15) is 11.8 Å². The lowest BCUT2D eigenvalue weighted by atomic mass is 10.1. The maximum atomic E-state index is 9.02. The van der Waals surface area contributed by atoms with E-state index in [1.165, 1.54) is 16.8 Å². The molecule has 0 unspecified atom stereocenters.